The Balaban J connectivity index is 0. The van der Waals surface area contributed by atoms with Crippen molar-refractivity contribution in [2.75, 3.05) is 26.4 Å². The first-order chi connectivity index (χ1) is 41.2. The summed E-state index contributed by atoms with van der Waals surface area (Å²) in [5.74, 6) is -4.53. The van der Waals surface area contributed by atoms with Gasteiger partial charge in [0.1, 0.15) is 51.8 Å². The number of nitrogens with zero attached hydrogens (tertiary/aromatic N) is 1. The number of nitroso groups, excluding NO2 is 1. The maximum Gasteiger partial charge on any atom is 0.364 e. The molecule has 0 aliphatic rings. The average Bonchev–Trinajstić information content (AvgIpc) is 1.71. The van der Waals surface area contributed by atoms with Gasteiger partial charge in [-0.1, -0.05) is 0 Å². The number of ketones is 1. The zero-order valence-electron chi connectivity index (χ0n) is 57.2. The highest BCUT2D eigenvalue weighted by atomic mass is 16.6. The minimum atomic E-state index is -0.914. The molecule has 0 aliphatic carbocycles. The minimum Gasteiger partial charge on any atom is -0.510 e. The van der Waals surface area contributed by atoms with Crippen LogP contribution in [0.2, 0.25) is 0 Å². The molecule has 0 atom stereocenters. The Kier molecular flexibility index (Phi) is 34.3. The molecule has 4 rings (SSSR count). The lowest BCUT2D eigenvalue weighted by atomic mass is 10.1. The summed E-state index contributed by atoms with van der Waals surface area (Å²) in [7, 11) is 0. The van der Waals surface area contributed by atoms with Crippen molar-refractivity contribution in [3.63, 3.8) is 0 Å². The van der Waals surface area contributed by atoms with Crippen LogP contribution in [0.1, 0.15) is 259 Å². The van der Waals surface area contributed by atoms with E-state index in [-0.39, 0.29) is 24.1 Å². The Hall–Kier alpha value is -8.97. The van der Waals surface area contributed by atoms with Crippen molar-refractivity contribution in [1.29, 1.82) is 0 Å². The van der Waals surface area contributed by atoms with Gasteiger partial charge in [-0.3, -0.25) is 19.2 Å². The molecule has 5 N–H and O–H groups in total. The van der Waals surface area contributed by atoms with Crippen molar-refractivity contribution >= 4 is 66.1 Å². The molecule has 0 radical (unpaired) electrons. The molecule has 26 nitrogen and oxygen atoms in total. The van der Waals surface area contributed by atoms with Crippen LogP contribution in [0.5, 0.6) is 0 Å². The van der Waals surface area contributed by atoms with Crippen LogP contribution in [0.3, 0.4) is 0 Å². The molecule has 0 aliphatic heterocycles. The van der Waals surface area contributed by atoms with Crippen LogP contribution in [0.25, 0.3) is 0 Å². The number of aromatic amines is 4. The first kappa shape index (κ1) is 83.1. The summed E-state index contributed by atoms with van der Waals surface area (Å²) in [4.78, 5) is 146. The van der Waals surface area contributed by atoms with Crippen molar-refractivity contribution in [3.8, 4) is 0 Å². The van der Waals surface area contributed by atoms with Gasteiger partial charge in [0.2, 0.25) is 5.70 Å². The number of carbonyl (C=O) groups is 11. The van der Waals surface area contributed by atoms with E-state index in [4.69, 9.17) is 43.0 Å². The van der Waals surface area contributed by atoms with E-state index >= 15 is 0 Å². The van der Waals surface area contributed by atoms with E-state index in [9.17, 15) is 57.6 Å². The van der Waals surface area contributed by atoms with Crippen molar-refractivity contribution in [2.24, 2.45) is 5.18 Å². The number of aldehydes is 2. The third-order valence-corrected chi connectivity index (χ3v) is 11.0. The van der Waals surface area contributed by atoms with Gasteiger partial charge in [0.15, 0.2) is 12.6 Å². The first-order valence-corrected chi connectivity index (χ1v) is 28.7. The van der Waals surface area contributed by atoms with Gasteiger partial charge in [-0.25, -0.2) is 33.6 Å². The van der Waals surface area contributed by atoms with E-state index in [1.807, 2.05) is 0 Å². The second kappa shape index (κ2) is 37.1. The summed E-state index contributed by atoms with van der Waals surface area (Å²) in [5.41, 5.74) is 5.25. The molecule has 0 spiro atoms. The summed E-state index contributed by atoms with van der Waals surface area (Å²) in [6.07, 6.45) is 1.27. The number of hydrogen-bond acceptors (Lipinski definition) is 22. The highest BCUT2D eigenvalue weighted by Crippen LogP contribution is 2.24. The number of aliphatic hydroxyl groups is 1. The van der Waals surface area contributed by atoms with Crippen LogP contribution in [0.4, 0.5) is 0 Å². The third kappa shape index (κ3) is 28.9. The number of nitrogens with one attached hydrogen (secondary N) is 4. The van der Waals surface area contributed by atoms with Crippen LogP contribution >= 0.6 is 0 Å². The Labute approximate surface area is 526 Å². The van der Waals surface area contributed by atoms with E-state index < -0.39 is 69.7 Å². The normalized spacial score (nSPS) is 11.1. The molecule has 502 valence electrons. The molecule has 4 heterocycles. The number of esters is 8. The second-order valence-corrected chi connectivity index (χ2v) is 23.7. The van der Waals surface area contributed by atoms with E-state index in [1.54, 1.807) is 166 Å². The van der Waals surface area contributed by atoms with Crippen LogP contribution in [0.15, 0.2) is 16.6 Å². The molecule has 4 aromatic heterocycles. The van der Waals surface area contributed by atoms with Gasteiger partial charge in [0.05, 0.1) is 60.1 Å². The number of ether oxygens (including phenoxy) is 8. The topological polar surface area (TPSA) is 374 Å². The van der Waals surface area contributed by atoms with Crippen LogP contribution in [0, 0.1) is 60.3 Å². The van der Waals surface area contributed by atoms with Crippen molar-refractivity contribution in [2.45, 2.75) is 209 Å². The van der Waals surface area contributed by atoms with Gasteiger partial charge < -0.3 is 62.9 Å². The number of allylic oxidation sites excluding steroid dienone is 1. The fourth-order valence-electron chi connectivity index (χ4n) is 7.55. The highest BCUT2D eigenvalue weighted by molar-refractivity contribution is 6.00. The molecule has 4 aromatic rings. The van der Waals surface area contributed by atoms with E-state index in [0.29, 0.717) is 129 Å². The maximum absolute atomic E-state index is 12.0. The summed E-state index contributed by atoms with van der Waals surface area (Å²) in [6.45, 7) is 45.6. The number of Topliss-reactive ketones (excluding diaryl/α,β-unsaturated/α-hetero) is 1. The average molecular weight is 1270 g/mol. The summed E-state index contributed by atoms with van der Waals surface area (Å²) >= 11 is 0. The molecule has 0 bridgehead atoms. The molecular weight excluding hydrogens is 1170 g/mol. The fraction of sp³-hybridized carbons (Fsp3) is 0.547. The van der Waals surface area contributed by atoms with Gasteiger partial charge in [-0.15, -0.1) is 4.91 Å². The number of hydrogen-bond donors (Lipinski definition) is 5. The Morgan fingerprint density at radius 2 is 0.689 bits per heavy atom. The molecule has 0 amide bonds. The number of aliphatic hydroxyl groups excluding tert-OH is 1. The van der Waals surface area contributed by atoms with Crippen molar-refractivity contribution in [3.05, 3.63) is 106 Å². The molecular formula is C64H95N5O21. The number of rotatable bonds is 16. The molecule has 26 heteroatoms. The van der Waals surface area contributed by atoms with E-state index in [2.05, 4.69) is 25.1 Å². The summed E-state index contributed by atoms with van der Waals surface area (Å²) < 4.78 is 40.0. The third-order valence-electron chi connectivity index (χ3n) is 11.0. The molecule has 0 saturated carbocycles. The summed E-state index contributed by atoms with van der Waals surface area (Å²) in [6, 6.07) is 0. The monoisotopic (exact) mass is 1270 g/mol. The van der Waals surface area contributed by atoms with Gasteiger partial charge in [0.25, 0.3) is 0 Å². The largest absolute Gasteiger partial charge is 0.510 e. The van der Waals surface area contributed by atoms with Gasteiger partial charge in [-0.05, 0) is 207 Å². The Bertz CT molecular complexity index is 3040. The maximum atomic E-state index is 12.0. The Morgan fingerprint density at radius 3 is 0.900 bits per heavy atom. The molecule has 0 unspecified atom stereocenters. The van der Waals surface area contributed by atoms with Gasteiger partial charge in [0, 0.05) is 22.8 Å². The van der Waals surface area contributed by atoms with Crippen LogP contribution in [-0.2, 0) is 52.3 Å². The lowest BCUT2D eigenvalue weighted by Gasteiger charge is -2.19. The fourth-order valence-corrected chi connectivity index (χ4v) is 7.55. The predicted molar refractivity (Wildman–Crippen MR) is 334 cm³/mol. The first-order valence-electron chi connectivity index (χ1n) is 28.7. The molecule has 0 fully saturated rings. The molecule has 0 aromatic carbocycles. The zero-order valence-corrected chi connectivity index (χ0v) is 57.2. The summed E-state index contributed by atoms with van der Waals surface area (Å²) in [5, 5.41) is 11.2. The SMILES string of the molecule is CC(=O)CC(=O)OC(C)(C)C.CC(O)=C(N=O)C(=O)OC(C)(C)C.CCOC(=O)c1c(C)[nH]c(C(=O)OC(C)(C)C)c1C.CCOC(=O)c1c(C)[nH]c(C(=O)OC(C)(C)C)c1C.CCOC(=O)c1c(C)[nH]c(C=O)c1C.CCOC(=O)c1c(C)[nH]c(C=O)c1C. The van der Waals surface area contributed by atoms with Crippen LogP contribution in [-0.4, -0.2) is 140 Å². The second-order valence-electron chi connectivity index (χ2n) is 23.7. The van der Waals surface area contributed by atoms with Crippen molar-refractivity contribution in [1.82, 2.24) is 19.9 Å². The van der Waals surface area contributed by atoms with Gasteiger partial charge in [-0.2, -0.15) is 0 Å². The quantitative estimate of drug-likeness (QED) is 0.0132. The lowest BCUT2D eigenvalue weighted by molar-refractivity contribution is -0.156. The van der Waals surface area contributed by atoms with Crippen LogP contribution < -0.4 is 0 Å². The number of aryl methyl sites for hydroxylation is 4. The number of H-pyrrole nitrogens is 4. The van der Waals surface area contributed by atoms with E-state index in [1.165, 1.54) is 13.8 Å². The minimum absolute atomic E-state index is 0.128. The predicted octanol–water partition coefficient (Wildman–Crippen LogP) is 12.0. The van der Waals surface area contributed by atoms with E-state index in [0.717, 1.165) is 0 Å². The molecule has 0 saturated heterocycles. The highest BCUT2D eigenvalue weighted by Gasteiger charge is 2.29. The number of aromatic nitrogens is 4. The van der Waals surface area contributed by atoms with Crippen molar-refractivity contribution < 1.29 is 95.7 Å². The Morgan fingerprint density at radius 1 is 0.422 bits per heavy atom. The smallest absolute Gasteiger partial charge is 0.364 e. The standard InChI is InChI=1S/2C14H21NO4.2C10H13NO3.C8H13NO4.C8H14O3/c2*1-7-18-12(16)10-8(2)11(15-9(10)3)13(17)19-14(4,5)6;2*1-4-14-10(13)9-6(2)8(5-12)11-7(9)3;1-5(10)6(9-12)7(11)13-8(2,3)4;1-6(9)5-7(10)11-8(2,3)4/h2*15H,7H2,1-6H3;2*5,11H,4H2,1-3H3;10H,1-4H3;5H2,1-4H3. The lowest BCUT2D eigenvalue weighted by Crippen LogP contribution is -2.24. The van der Waals surface area contributed by atoms with Gasteiger partial charge >= 0.3 is 47.8 Å². The molecule has 90 heavy (non-hydrogen) atoms. The zero-order chi connectivity index (χ0) is 70.7. The number of carbonyl (C=O) groups excluding carboxylic acids is 11.